The highest BCUT2D eigenvalue weighted by Gasteiger charge is 2.29. The highest BCUT2D eigenvalue weighted by molar-refractivity contribution is 7.85. The van der Waals surface area contributed by atoms with E-state index < -0.39 is 10.1 Å². The maximum Gasteiger partial charge on any atom is 0.294 e. The van der Waals surface area contributed by atoms with Gasteiger partial charge in [0.2, 0.25) is 0 Å². The minimum Gasteiger partial charge on any atom is -0.282 e. The predicted octanol–water partition coefficient (Wildman–Crippen LogP) is 7.25. The SMILES string of the molecule is CC(C)(c1ccccc1)c1cccc(C(C)(C)c2ccccc2-c2cccc(S(=O)(=O)O)c2)c1. The van der Waals surface area contributed by atoms with Gasteiger partial charge in [0.25, 0.3) is 10.1 Å². The van der Waals surface area contributed by atoms with Crippen molar-refractivity contribution >= 4 is 10.1 Å². The summed E-state index contributed by atoms with van der Waals surface area (Å²) in [6.07, 6.45) is 0. The molecule has 34 heavy (non-hydrogen) atoms. The van der Waals surface area contributed by atoms with Gasteiger partial charge in [-0.1, -0.05) is 119 Å². The Hall–Kier alpha value is -3.21. The van der Waals surface area contributed by atoms with E-state index in [1.165, 1.54) is 28.8 Å². The fourth-order valence-electron chi connectivity index (χ4n) is 4.58. The summed E-state index contributed by atoms with van der Waals surface area (Å²) in [5.41, 5.74) is 5.92. The summed E-state index contributed by atoms with van der Waals surface area (Å²) in [6.45, 7) is 8.85. The Labute approximate surface area is 202 Å². The number of hydrogen-bond acceptors (Lipinski definition) is 2. The van der Waals surface area contributed by atoms with Gasteiger partial charge in [-0.15, -0.1) is 0 Å². The van der Waals surface area contributed by atoms with Crippen molar-refractivity contribution in [2.24, 2.45) is 0 Å². The molecule has 0 fully saturated rings. The van der Waals surface area contributed by atoms with Crippen molar-refractivity contribution in [3.63, 3.8) is 0 Å². The van der Waals surface area contributed by atoms with E-state index in [4.69, 9.17) is 0 Å². The average molecular weight is 471 g/mol. The van der Waals surface area contributed by atoms with Crippen molar-refractivity contribution in [2.45, 2.75) is 43.4 Å². The molecule has 0 saturated heterocycles. The monoisotopic (exact) mass is 470 g/mol. The molecule has 4 aromatic carbocycles. The van der Waals surface area contributed by atoms with Gasteiger partial charge in [-0.2, -0.15) is 8.42 Å². The summed E-state index contributed by atoms with van der Waals surface area (Å²) in [6, 6.07) is 33.7. The first-order valence-corrected chi connectivity index (χ1v) is 12.8. The first-order valence-electron chi connectivity index (χ1n) is 11.4. The summed E-state index contributed by atoms with van der Waals surface area (Å²) < 4.78 is 33.0. The van der Waals surface area contributed by atoms with Gasteiger partial charge in [0.15, 0.2) is 0 Å². The first-order chi connectivity index (χ1) is 16.0. The molecule has 0 saturated carbocycles. The van der Waals surface area contributed by atoms with Gasteiger partial charge in [0, 0.05) is 10.8 Å². The molecule has 0 aliphatic rings. The third-order valence-electron chi connectivity index (χ3n) is 6.84. The Morgan fingerprint density at radius 1 is 0.588 bits per heavy atom. The molecule has 4 aromatic rings. The Bertz CT molecular complexity index is 1420. The third kappa shape index (κ3) is 4.56. The van der Waals surface area contributed by atoms with Crippen molar-refractivity contribution in [1.82, 2.24) is 0 Å². The molecule has 4 rings (SSSR count). The van der Waals surface area contributed by atoms with Gasteiger partial charge >= 0.3 is 0 Å². The first kappa shape index (κ1) is 23.9. The largest absolute Gasteiger partial charge is 0.294 e. The molecule has 0 aliphatic heterocycles. The summed E-state index contributed by atoms with van der Waals surface area (Å²) in [5.74, 6) is 0. The lowest BCUT2D eigenvalue weighted by Gasteiger charge is -2.32. The molecule has 0 aromatic heterocycles. The summed E-state index contributed by atoms with van der Waals surface area (Å²) in [7, 11) is -4.28. The van der Waals surface area contributed by atoms with E-state index in [2.05, 4.69) is 82.3 Å². The highest BCUT2D eigenvalue weighted by atomic mass is 32.2. The lowest BCUT2D eigenvalue weighted by atomic mass is 9.72. The molecule has 0 unspecified atom stereocenters. The molecule has 174 valence electrons. The summed E-state index contributed by atoms with van der Waals surface area (Å²) in [4.78, 5) is -0.107. The zero-order valence-electron chi connectivity index (χ0n) is 20.0. The Morgan fingerprint density at radius 2 is 1.15 bits per heavy atom. The second kappa shape index (κ2) is 8.86. The zero-order valence-corrected chi connectivity index (χ0v) is 20.8. The second-order valence-corrected chi connectivity index (χ2v) is 11.2. The molecule has 0 bridgehead atoms. The lowest BCUT2D eigenvalue weighted by molar-refractivity contribution is 0.483. The van der Waals surface area contributed by atoms with Gasteiger partial charge < -0.3 is 0 Å². The van der Waals surface area contributed by atoms with Crippen LogP contribution < -0.4 is 0 Å². The Morgan fingerprint density at radius 3 is 1.82 bits per heavy atom. The van der Waals surface area contributed by atoms with Crippen LogP contribution in [0.15, 0.2) is 108 Å². The lowest BCUT2D eigenvalue weighted by Crippen LogP contribution is -2.23. The van der Waals surface area contributed by atoms with E-state index in [9.17, 15) is 13.0 Å². The molecule has 0 spiro atoms. The molecule has 0 heterocycles. The smallest absolute Gasteiger partial charge is 0.282 e. The standard InChI is InChI=1S/C30H30O3S/c1-29(2,23-13-6-5-7-14-23)24-15-11-16-25(21-24)30(3,4)28-19-9-8-18-27(28)22-12-10-17-26(20-22)34(31,32)33/h5-21H,1-4H3,(H,31,32,33). The van der Waals surface area contributed by atoms with Crippen LogP contribution in [-0.2, 0) is 20.9 Å². The fourth-order valence-corrected chi connectivity index (χ4v) is 5.10. The van der Waals surface area contributed by atoms with Crippen LogP contribution in [0.25, 0.3) is 11.1 Å². The average Bonchev–Trinajstić information content (AvgIpc) is 2.84. The highest BCUT2D eigenvalue weighted by Crippen LogP contribution is 2.40. The quantitative estimate of drug-likeness (QED) is 0.302. The fraction of sp³-hybridized carbons (Fsp3) is 0.200. The minimum absolute atomic E-state index is 0.107. The molecular formula is C30H30O3S. The van der Waals surface area contributed by atoms with Crippen molar-refractivity contribution in [3.05, 3.63) is 125 Å². The molecule has 0 aliphatic carbocycles. The molecule has 0 radical (unpaired) electrons. The molecule has 0 amide bonds. The van der Waals surface area contributed by atoms with Gasteiger partial charge in [0.1, 0.15) is 0 Å². The van der Waals surface area contributed by atoms with Crippen LogP contribution in [0.5, 0.6) is 0 Å². The van der Waals surface area contributed by atoms with Gasteiger partial charge in [-0.3, -0.25) is 4.55 Å². The third-order valence-corrected chi connectivity index (χ3v) is 7.69. The molecule has 4 heteroatoms. The van der Waals surface area contributed by atoms with Crippen LogP contribution in [0.4, 0.5) is 0 Å². The molecular weight excluding hydrogens is 440 g/mol. The van der Waals surface area contributed by atoms with Crippen LogP contribution in [-0.4, -0.2) is 13.0 Å². The topological polar surface area (TPSA) is 54.4 Å². The summed E-state index contributed by atoms with van der Waals surface area (Å²) in [5, 5.41) is 0. The van der Waals surface area contributed by atoms with Crippen LogP contribution in [0.3, 0.4) is 0 Å². The zero-order chi connectivity index (χ0) is 24.6. The maximum atomic E-state index is 11.7. The number of benzene rings is 4. The van der Waals surface area contributed by atoms with Gasteiger partial charge in [0.05, 0.1) is 4.90 Å². The Kier molecular flexibility index (Phi) is 6.24. The van der Waals surface area contributed by atoms with Crippen LogP contribution in [0.1, 0.15) is 49.9 Å². The maximum absolute atomic E-state index is 11.7. The predicted molar refractivity (Wildman–Crippen MR) is 139 cm³/mol. The van der Waals surface area contributed by atoms with Crippen molar-refractivity contribution in [3.8, 4) is 11.1 Å². The summed E-state index contributed by atoms with van der Waals surface area (Å²) >= 11 is 0. The van der Waals surface area contributed by atoms with Gasteiger partial charge in [-0.25, -0.2) is 0 Å². The van der Waals surface area contributed by atoms with Crippen LogP contribution in [0, 0.1) is 0 Å². The molecule has 0 atom stereocenters. The van der Waals surface area contributed by atoms with Crippen LogP contribution in [0.2, 0.25) is 0 Å². The van der Waals surface area contributed by atoms with Crippen LogP contribution >= 0.6 is 0 Å². The second-order valence-electron chi connectivity index (χ2n) is 9.75. The minimum atomic E-state index is -4.28. The van der Waals surface area contributed by atoms with E-state index in [1.54, 1.807) is 6.07 Å². The van der Waals surface area contributed by atoms with Crippen molar-refractivity contribution in [1.29, 1.82) is 0 Å². The van der Waals surface area contributed by atoms with E-state index >= 15 is 0 Å². The normalized spacial score (nSPS) is 12.5. The van der Waals surface area contributed by atoms with E-state index in [1.807, 2.05) is 30.3 Å². The van der Waals surface area contributed by atoms with E-state index in [0.29, 0.717) is 0 Å². The molecule has 3 nitrogen and oxygen atoms in total. The molecule has 1 N–H and O–H groups in total. The van der Waals surface area contributed by atoms with Gasteiger partial charge in [-0.05, 0) is 45.5 Å². The van der Waals surface area contributed by atoms with Crippen molar-refractivity contribution in [2.75, 3.05) is 0 Å². The number of hydrogen-bond donors (Lipinski definition) is 1. The van der Waals surface area contributed by atoms with E-state index in [-0.39, 0.29) is 15.7 Å². The number of rotatable bonds is 6. The Balaban J connectivity index is 1.82. The van der Waals surface area contributed by atoms with Crippen molar-refractivity contribution < 1.29 is 13.0 Å². The van der Waals surface area contributed by atoms with E-state index in [0.717, 1.165) is 16.7 Å².